The van der Waals surface area contributed by atoms with Gasteiger partial charge in [-0.05, 0) is 43.5 Å². The van der Waals surface area contributed by atoms with Gasteiger partial charge in [-0.25, -0.2) is 0 Å². The molecule has 0 radical (unpaired) electrons. The summed E-state index contributed by atoms with van der Waals surface area (Å²) in [5.41, 5.74) is 1.05. The summed E-state index contributed by atoms with van der Waals surface area (Å²) in [6.45, 7) is 2.48. The normalized spacial score (nSPS) is 16.4. The Bertz CT molecular complexity index is 449. The summed E-state index contributed by atoms with van der Waals surface area (Å²) in [6, 6.07) is 5.84. The second-order valence-corrected chi connectivity index (χ2v) is 5.91. The number of carbonyl (C=O) groups excluding carboxylic acids is 1. The Morgan fingerprint density at radius 2 is 2.28 bits per heavy atom. The molecule has 1 aliphatic carbocycles. The average Bonchev–Trinajstić information content (AvgIpc) is 3.13. The molecule has 18 heavy (non-hydrogen) atoms. The van der Waals surface area contributed by atoms with Crippen LogP contribution in [0.1, 0.15) is 25.3 Å². The van der Waals surface area contributed by atoms with Gasteiger partial charge in [-0.2, -0.15) is 0 Å². The van der Waals surface area contributed by atoms with Crippen LogP contribution < -0.4 is 10.6 Å². The molecule has 0 saturated heterocycles. The van der Waals surface area contributed by atoms with Crippen LogP contribution in [0.3, 0.4) is 0 Å². The Morgan fingerprint density at radius 1 is 1.56 bits per heavy atom. The van der Waals surface area contributed by atoms with Crippen molar-refractivity contribution in [2.75, 3.05) is 0 Å². The first-order chi connectivity index (χ1) is 8.56. The summed E-state index contributed by atoms with van der Waals surface area (Å²) < 4.78 is 0.995. The van der Waals surface area contributed by atoms with Crippen molar-refractivity contribution in [1.29, 1.82) is 0 Å². The molecule has 2 rings (SSSR count). The predicted octanol–water partition coefficient (Wildman–Crippen LogP) is 2.86. The highest BCUT2D eigenvalue weighted by molar-refractivity contribution is 9.10. The van der Waals surface area contributed by atoms with E-state index in [0.717, 1.165) is 22.9 Å². The molecule has 0 aliphatic heterocycles. The first kappa shape index (κ1) is 13.8. The molecule has 1 atom stereocenters. The summed E-state index contributed by atoms with van der Waals surface area (Å²) in [5.74, 6) is 0.0654. The van der Waals surface area contributed by atoms with Crippen LogP contribution in [0.5, 0.6) is 0 Å². The van der Waals surface area contributed by atoms with Gasteiger partial charge in [-0.3, -0.25) is 4.79 Å². The molecule has 98 valence electrons. The fourth-order valence-corrected chi connectivity index (χ4v) is 2.17. The zero-order valence-electron chi connectivity index (χ0n) is 10.2. The average molecular weight is 332 g/mol. The van der Waals surface area contributed by atoms with Gasteiger partial charge in [0.05, 0.1) is 6.04 Å². The molecular formula is C13H16BrClN2O. The van der Waals surface area contributed by atoms with E-state index >= 15 is 0 Å². The van der Waals surface area contributed by atoms with Crippen LogP contribution in [0.2, 0.25) is 5.02 Å². The lowest BCUT2D eigenvalue weighted by molar-refractivity contribution is -0.122. The van der Waals surface area contributed by atoms with Crippen molar-refractivity contribution in [2.45, 2.75) is 38.4 Å². The SMILES string of the molecule is CC(NCc1cc(Cl)ccc1Br)C(=O)NC1CC1. The predicted molar refractivity (Wildman–Crippen MR) is 76.6 cm³/mol. The summed E-state index contributed by atoms with van der Waals surface area (Å²) in [7, 11) is 0. The highest BCUT2D eigenvalue weighted by Crippen LogP contribution is 2.21. The number of rotatable bonds is 5. The number of carbonyl (C=O) groups is 1. The van der Waals surface area contributed by atoms with E-state index in [2.05, 4.69) is 26.6 Å². The highest BCUT2D eigenvalue weighted by Gasteiger charge is 2.25. The maximum atomic E-state index is 11.8. The first-order valence-corrected chi connectivity index (χ1v) is 7.21. The van der Waals surface area contributed by atoms with Crippen LogP contribution in [0.15, 0.2) is 22.7 Å². The maximum absolute atomic E-state index is 11.8. The van der Waals surface area contributed by atoms with Crippen LogP contribution >= 0.6 is 27.5 Å². The second kappa shape index (κ2) is 6.04. The largest absolute Gasteiger partial charge is 0.352 e. The maximum Gasteiger partial charge on any atom is 0.237 e. The number of amides is 1. The molecule has 0 spiro atoms. The van der Waals surface area contributed by atoms with Crippen LogP contribution in [0, 0.1) is 0 Å². The topological polar surface area (TPSA) is 41.1 Å². The zero-order valence-corrected chi connectivity index (χ0v) is 12.5. The first-order valence-electron chi connectivity index (χ1n) is 6.04. The minimum atomic E-state index is -0.198. The third-order valence-electron chi connectivity index (χ3n) is 2.92. The van der Waals surface area contributed by atoms with E-state index in [1.54, 1.807) is 0 Å². The molecule has 1 fully saturated rings. The molecule has 1 amide bonds. The molecule has 2 N–H and O–H groups in total. The van der Waals surface area contributed by atoms with Crippen LogP contribution in [0.25, 0.3) is 0 Å². The van der Waals surface area contributed by atoms with Crippen molar-refractivity contribution in [3.63, 3.8) is 0 Å². The lowest BCUT2D eigenvalue weighted by atomic mass is 10.2. The quantitative estimate of drug-likeness (QED) is 0.871. The lowest BCUT2D eigenvalue weighted by Gasteiger charge is -2.14. The van der Waals surface area contributed by atoms with E-state index in [1.165, 1.54) is 0 Å². The van der Waals surface area contributed by atoms with Crippen molar-refractivity contribution in [3.8, 4) is 0 Å². The third-order valence-corrected chi connectivity index (χ3v) is 3.93. The minimum Gasteiger partial charge on any atom is -0.352 e. The van der Waals surface area contributed by atoms with Gasteiger partial charge >= 0.3 is 0 Å². The summed E-state index contributed by atoms with van der Waals surface area (Å²) >= 11 is 9.41. The number of nitrogens with one attached hydrogen (secondary N) is 2. The van der Waals surface area contributed by atoms with Crippen LogP contribution in [-0.2, 0) is 11.3 Å². The van der Waals surface area contributed by atoms with Crippen molar-refractivity contribution in [2.24, 2.45) is 0 Å². The van der Waals surface area contributed by atoms with E-state index in [-0.39, 0.29) is 11.9 Å². The van der Waals surface area contributed by atoms with Crippen molar-refractivity contribution >= 4 is 33.4 Å². The van der Waals surface area contributed by atoms with Gasteiger partial charge in [0.25, 0.3) is 0 Å². The van der Waals surface area contributed by atoms with E-state index < -0.39 is 0 Å². The van der Waals surface area contributed by atoms with Crippen molar-refractivity contribution < 1.29 is 4.79 Å². The van der Waals surface area contributed by atoms with Crippen molar-refractivity contribution in [1.82, 2.24) is 10.6 Å². The van der Waals surface area contributed by atoms with Gasteiger partial charge in [-0.15, -0.1) is 0 Å². The monoisotopic (exact) mass is 330 g/mol. The molecule has 1 saturated carbocycles. The van der Waals surface area contributed by atoms with Gasteiger partial charge in [0.15, 0.2) is 0 Å². The van der Waals surface area contributed by atoms with E-state index in [9.17, 15) is 4.79 Å². The van der Waals surface area contributed by atoms with E-state index in [1.807, 2.05) is 25.1 Å². The summed E-state index contributed by atoms with van der Waals surface area (Å²) in [6.07, 6.45) is 2.22. The number of hydrogen-bond acceptors (Lipinski definition) is 2. The van der Waals surface area contributed by atoms with Gasteiger partial charge in [-0.1, -0.05) is 27.5 Å². The van der Waals surface area contributed by atoms with Gasteiger partial charge in [0.1, 0.15) is 0 Å². The molecule has 1 aliphatic rings. The van der Waals surface area contributed by atoms with E-state index in [0.29, 0.717) is 17.6 Å². The van der Waals surface area contributed by atoms with Gasteiger partial charge in [0, 0.05) is 22.1 Å². The fraction of sp³-hybridized carbons (Fsp3) is 0.462. The summed E-state index contributed by atoms with van der Waals surface area (Å²) in [4.78, 5) is 11.8. The highest BCUT2D eigenvalue weighted by atomic mass is 79.9. The Balaban J connectivity index is 1.85. The Hall–Kier alpha value is -0.580. The molecule has 0 aromatic heterocycles. The van der Waals surface area contributed by atoms with Gasteiger partial charge in [0.2, 0.25) is 5.91 Å². The van der Waals surface area contributed by atoms with Crippen LogP contribution in [0.4, 0.5) is 0 Å². The second-order valence-electron chi connectivity index (χ2n) is 4.62. The molecule has 3 nitrogen and oxygen atoms in total. The van der Waals surface area contributed by atoms with Crippen LogP contribution in [-0.4, -0.2) is 18.0 Å². The molecule has 5 heteroatoms. The smallest absolute Gasteiger partial charge is 0.237 e. The summed E-state index contributed by atoms with van der Waals surface area (Å²) in [5, 5.41) is 6.88. The third kappa shape index (κ3) is 3.97. The Morgan fingerprint density at radius 3 is 2.94 bits per heavy atom. The molecule has 1 unspecified atom stereocenters. The number of halogens is 2. The molecule has 0 bridgehead atoms. The number of benzene rings is 1. The zero-order chi connectivity index (χ0) is 13.1. The standard InChI is InChI=1S/C13H16BrClN2O/c1-8(13(18)17-11-3-4-11)16-7-9-6-10(15)2-5-12(9)14/h2,5-6,8,11,16H,3-4,7H2,1H3,(H,17,18). The van der Waals surface area contributed by atoms with Gasteiger partial charge < -0.3 is 10.6 Å². The molecule has 1 aromatic carbocycles. The fourth-order valence-electron chi connectivity index (χ4n) is 1.59. The Labute approximate surface area is 120 Å². The Kier molecular flexibility index (Phi) is 4.65. The van der Waals surface area contributed by atoms with Crippen molar-refractivity contribution in [3.05, 3.63) is 33.3 Å². The van der Waals surface area contributed by atoms with E-state index in [4.69, 9.17) is 11.6 Å². The minimum absolute atomic E-state index is 0.0654. The molecule has 0 heterocycles. The lowest BCUT2D eigenvalue weighted by Crippen LogP contribution is -2.42. The molecule has 1 aromatic rings. The number of hydrogen-bond donors (Lipinski definition) is 2. The molecular weight excluding hydrogens is 316 g/mol.